The maximum atomic E-state index is 13.1. The number of carbonyl (C=O) groups excluding carboxylic acids is 1. The van der Waals surface area contributed by atoms with E-state index in [9.17, 15) is 9.59 Å². The molecule has 0 spiro atoms. The van der Waals surface area contributed by atoms with Crippen LogP contribution in [0.2, 0.25) is 0 Å². The lowest BCUT2D eigenvalue weighted by Gasteiger charge is -2.14. The van der Waals surface area contributed by atoms with Crippen molar-refractivity contribution in [3.63, 3.8) is 0 Å². The number of methoxy groups -OCH3 is 2. The van der Waals surface area contributed by atoms with Gasteiger partial charge in [0.15, 0.2) is 11.5 Å². The number of rotatable bonds is 7. The number of esters is 1. The van der Waals surface area contributed by atoms with Crippen LogP contribution in [0, 0.1) is 0 Å². The highest BCUT2D eigenvalue weighted by Gasteiger charge is 2.21. The van der Waals surface area contributed by atoms with Crippen molar-refractivity contribution >= 4 is 27.5 Å². The van der Waals surface area contributed by atoms with Crippen molar-refractivity contribution in [3.8, 4) is 22.6 Å². The van der Waals surface area contributed by atoms with Gasteiger partial charge in [-0.1, -0.05) is 13.0 Å². The van der Waals surface area contributed by atoms with Crippen LogP contribution in [-0.2, 0) is 9.53 Å². The number of ether oxygens (including phenoxy) is 3. The number of hydrogen-bond acceptors (Lipinski definition) is 7. The summed E-state index contributed by atoms with van der Waals surface area (Å²) in [6.07, 6.45) is 2.12. The number of carbonyl (C=O) groups is 1. The van der Waals surface area contributed by atoms with E-state index in [-0.39, 0.29) is 5.56 Å². The van der Waals surface area contributed by atoms with Gasteiger partial charge in [0.1, 0.15) is 10.9 Å². The van der Waals surface area contributed by atoms with Crippen molar-refractivity contribution in [1.82, 2.24) is 9.55 Å². The zero-order chi connectivity index (χ0) is 20.3. The zero-order valence-corrected chi connectivity index (χ0v) is 17.0. The number of hydrogen-bond donors (Lipinski definition) is 0. The minimum atomic E-state index is -0.755. The fourth-order valence-electron chi connectivity index (χ4n) is 2.87. The molecule has 0 saturated heterocycles. The Kier molecular flexibility index (Phi) is 5.99. The van der Waals surface area contributed by atoms with E-state index < -0.39 is 12.0 Å². The molecule has 3 aromatic rings. The Morgan fingerprint density at radius 3 is 2.68 bits per heavy atom. The fourth-order valence-corrected chi connectivity index (χ4v) is 3.78. The van der Waals surface area contributed by atoms with E-state index in [0.717, 1.165) is 17.5 Å². The van der Waals surface area contributed by atoms with Gasteiger partial charge in [0.05, 0.1) is 32.5 Å². The van der Waals surface area contributed by atoms with Crippen LogP contribution in [0.15, 0.2) is 34.7 Å². The van der Waals surface area contributed by atoms with Gasteiger partial charge in [-0.25, -0.2) is 9.78 Å². The van der Waals surface area contributed by atoms with E-state index in [1.807, 2.05) is 24.4 Å². The third-order valence-corrected chi connectivity index (χ3v) is 5.31. The largest absolute Gasteiger partial charge is 0.493 e. The molecule has 0 aliphatic rings. The first-order valence-corrected chi connectivity index (χ1v) is 9.77. The summed E-state index contributed by atoms with van der Waals surface area (Å²) in [4.78, 5) is 30.3. The van der Waals surface area contributed by atoms with Gasteiger partial charge in [-0.05, 0) is 31.0 Å². The third kappa shape index (κ3) is 3.60. The number of aromatic nitrogens is 2. The van der Waals surface area contributed by atoms with Gasteiger partial charge >= 0.3 is 5.97 Å². The Morgan fingerprint density at radius 2 is 2.00 bits per heavy atom. The van der Waals surface area contributed by atoms with E-state index in [2.05, 4.69) is 4.98 Å². The molecule has 1 atom stereocenters. The second kappa shape index (κ2) is 8.43. The molecule has 0 radical (unpaired) electrons. The number of nitrogens with zero attached hydrogens (tertiary/aromatic N) is 2. The molecule has 2 aromatic heterocycles. The SMILES string of the molecule is CCCOC(=O)[C@@H](C)n1cnc2scc(-c3ccc(OC)c(OC)c3)c2c1=O. The molecule has 7 nitrogen and oxygen atoms in total. The molecule has 0 amide bonds. The highest BCUT2D eigenvalue weighted by atomic mass is 32.1. The van der Waals surface area contributed by atoms with Crippen LogP contribution in [0.3, 0.4) is 0 Å². The molecule has 0 aliphatic heterocycles. The van der Waals surface area contributed by atoms with Crippen LogP contribution >= 0.6 is 11.3 Å². The first-order chi connectivity index (χ1) is 13.5. The summed E-state index contributed by atoms with van der Waals surface area (Å²) < 4.78 is 17.1. The lowest BCUT2D eigenvalue weighted by molar-refractivity contribution is -0.147. The average Bonchev–Trinajstić information content (AvgIpc) is 3.16. The lowest BCUT2D eigenvalue weighted by Crippen LogP contribution is -2.29. The molecule has 0 fully saturated rings. The van der Waals surface area contributed by atoms with E-state index in [0.29, 0.717) is 28.3 Å². The Bertz CT molecular complexity index is 1060. The molecular formula is C20H22N2O5S. The molecule has 3 rings (SSSR count). The summed E-state index contributed by atoms with van der Waals surface area (Å²) >= 11 is 1.38. The Balaban J connectivity index is 2.09. The highest BCUT2D eigenvalue weighted by molar-refractivity contribution is 7.17. The Hall–Kier alpha value is -2.87. The van der Waals surface area contributed by atoms with Crippen LogP contribution < -0.4 is 15.0 Å². The molecule has 0 bridgehead atoms. The summed E-state index contributed by atoms with van der Waals surface area (Å²) in [5, 5.41) is 2.35. The summed E-state index contributed by atoms with van der Waals surface area (Å²) in [7, 11) is 3.13. The van der Waals surface area contributed by atoms with Gasteiger partial charge < -0.3 is 14.2 Å². The molecular weight excluding hydrogens is 380 g/mol. The van der Waals surface area contributed by atoms with Crippen molar-refractivity contribution in [2.75, 3.05) is 20.8 Å². The Labute approximate surface area is 166 Å². The number of fused-ring (bicyclic) bond motifs is 1. The van der Waals surface area contributed by atoms with Crippen molar-refractivity contribution in [2.24, 2.45) is 0 Å². The second-order valence-corrected chi connectivity index (χ2v) is 7.06. The van der Waals surface area contributed by atoms with Crippen LogP contribution in [0.5, 0.6) is 11.5 Å². The molecule has 1 aromatic carbocycles. The van der Waals surface area contributed by atoms with Gasteiger partial charge in [0.25, 0.3) is 5.56 Å². The zero-order valence-electron chi connectivity index (χ0n) is 16.2. The van der Waals surface area contributed by atoms with Gasteiger partial charge in [-0.2, -0.15) is 0 Å². The van der Waals surface area contributed by atoms with Crippen molar-refractivity contribution < 1.29 is 19.0 Å². The van der Waals surface area contributed by atoms with Gasteiger partial charge in [0.2, 0.25) is 0 Å². The quantitative estimate of drug-likeness (QED) is 0.561. The molecule has 0 saturated carbocycles. The van der Waals surface area contributed by atoms with E-state index >= 15 is 0 Å². The molecule has 2 heterocycles. The van der Waals surface area contributed by atoms with E-state index in [1.165, 1.54) is 22.2 Å². The first kappa shape index (κ1) is 19.9. The third-order valence-electron chi connectivity index (χ3n) is 4.42. The van der Waals surface area contributed by atoms with Crippen LogP contribution in [-0.4, -0.2) is 36.3 Å². The smallest absolute Gasteiger partial charge is 0.328 e. The summed E-state index contributed by atoms with van der Waals surface area (Å²) in [5.74, 6) is 0.724. The molecule has 0 aliphatic carbocycles. The average molecular weight is 402 g/mol. The monoisotopic (exact) mass is 402 g/mol. The predicted molar refractivity (Wildman–Crippen MR) is 108 cm³/mol. The van der Waals surface area contributed by atoms with Gasteiger partial charge in [-0.3, -0.25) is 9.36 Å². The second-order valence-electron chi connectivity index (χ2n) is 6.20. The lowest BCUT2D eigenvalue weighted by atomic mass is 10.1. The topological polar surface area (TPSA) is 79.7 Å². The number of thiophene rings is 1. The standard InChI is InChI=1S/C20H22N2O5S/c1-5-8-27-20(24)12(2)22-11-21-18-17(19(22)23)14(10-28-18)13-6-7-15(25-3)16(9-13)26-4/h6-7,9-12H,5,8H2,1-4H3/t12-/m1/s1. The minimum Gasteiger partial charge on any atom is -0.493 e. The minimum absolute atomic E-state index is 0.281. The predicted octanol–water partition coefficient (Wildman–Crippen LogP) is 3.66. The number of benzene rings is 1. The van der Waals surface area contributed by atoms with Crippen molar-refractivity contribution in [1.29, 1.82) is 0 Å². The maximum Gasteiger partial charge on any atom is 0.328 e. The summed E-state index contributed by atoms with van der Waals surface area (Å²) in [5.41, 5.74) is 1.26. The maximum absolute atomic E-state index is 13.1. The Morgan fingerprint density at radius 1 is 1.25 bits per heavy atom. The molecule has 0 N–H and O–H groups in total. The summed E-state index contributed by atoms with van der Waals surface area (Å²) in [6, 6.07) is 4.71. The fraction of sp³-hybridized carbons (Fsp3) is 0.350. The van der Waals surface area contributed by atoms with Crippen molar-refractivity contribution in [3.05, 3.63) is 40.3 Å². The molecule has 8 heteroatoms. The van der Waals surface area contributed by atoms with Crippen LogP contribution in [0.25, 0.3) is 21.3 Å². The van der Waals surface area contributed by atoms with Crippen molar-refractivity contribution in [2.45, 2.75) is 26.3 Å². The van der Waals surface area contributed by atoms with Crippen LogP contribution in [0.4, 0.5) is 0 Å². The summed E-state index contributed by atoms with van der Waals surface area (Å²) in [6.45, 7) is 3.87. The highest BCUT2D eigenvalue weighted by Crippen LogP contribution is 2.36. The first-order valence-electron chi connectivity index (χ1n) is 8.89. The van der Waals surface area contributed by atoms with E-state index in [4.69, 9.17) is 14.2 Å². The normalized spacial score (nSPS) is 12.0. The van der Waals surface area contributed by atoms with E-state index in [1.54, 1.807) is 27.2 Å². The molecule has 148 valence electrons. The molecule has 0 unspecified atom stereocenters. The van der Waals surface area contributed by atoms with Gasteiger partial charge in [0, 0.05) is 10.9 Å². The molecule has 28 heavy (non-hydrogen) atoms. The van der Waals surface area contributed by atoms with Crippen LogP contribution in [0.1, 0.15) is 26.3 Å². The van der Waals surface area contributed by atoms with Gasteiger partial charge in [-0.15, -0.1) is 11.3 Å².